The molecule has 2 aromatic heterocycles. The van der Waals surface area contributed by atoms with Gasteiger partial charge in [-0.25, -0.2) is 13.8 Å². The average molecular weight is 506 g/mol. The van der Waals surface area contributed by atoms with Crippen LogP contribution in [0.5, 0.6) is 0 Å². The first-order chi connectivity index (χ1) is 16.6. The third-order valence-corrected chi connectivity index (χ3v) is 6.51. The molecule has 0 bridgehead atoms. The van der Waals surface area contributed by atoms with E-state index in [-0.39, 0.29) is 33.7 Å². The van der Waals surface area contributed by atoms with E-state index in [2.05, 4.69) is 4.98 Å². The van der Waals surface area contributed by atoms with Crippen LogP contribution < -0.4 is 0 Å². The Morgan fingerprint density at radius 3 is 2.43 bits per heavy atom. The molecule has 4 nitrogen and oxygen atoms in total. The van der Waals surface area contributed by atoms with E-state index in [1.807, 2.05) is 0 Å². The molecule has 5 rings (SSSR count). The number of hydrogen-bond acceptors (Lipinski definition) is 2. The number of halogens is 6. The van der Waals surface area contributed by atoms with Crippen molar-refractivity contribution in [1.29, 1.82) is 0 Å². The summed E-state index contributed by atoms with van der Waals surface area (Å²) in [5.74, 6) is -1.60. The quantitative estimate of drug-likeness (QED) is 0.295. The predicted octanol–water partition coefficient (Wildman–Crippen LogP) is 6.58. The molecule has 0 radical (unpaired) electrons. The zero-order chi connectivity index (χ0) is 24.9. The highest BCUT2D eigenvalue weighted by molar-refractivity contribution is 6.33. The molecule has 4 aromatic rings. The normalized spacial score (nSPS) is 16.3. The fourth-order valence-electron chi connectivity index (χ4n) is 4.39. The summed E-state index contributed by atoms with van der Waals surface area (Å²) >= 11 is 6.38. The van der Waals surface area contributed by atoms with Crippen LogP contribution in [-0.4, -0.2) is 33.3 Å². The molecule has 3 heterocycles. The van der Waals surface area contributed by atoms with E-state index in [1.165, 1.54) is 41.4 Å². The number of hydrogen-bond donors (Lipinski definition) is 0. The number of carbonyl (C=O) groups excluding carboxylic acids is 1. The number of pyridine rings is 1. The zero-order valence-electron chi connectivity index (χ0n) is 18.0. The Balaban J connectivity index is 1.53. The Morgan fingerprint density at radius 2 is 1.74 bits per heavy atom. The molecular formula is C25H17ClF5N3O. The fourth-order valence-corrected chi connectivity index (χ4v) is 4.64. The van der Waals surface area contributed by atoms with Gasteiger partial charge >= 0.3 is 6.18 Å². The molecule has 1 atom stereocenters. The first kappa shape index (κ1) is 23.3. The fraction of sp³-hybridized carbons (Fsp3) is 0.200. The van der Waals surface area contributed by atoms with Crippen LogP contribution >= 0.6 is 11.6 Å². The highest BCUT2D eigenvalue weighted by Crippen LogP contribution is 2.38. The van der Waals surface area contributed by atoms with Gasteiger partial charge < -0.3 is 4.90 Å². The van der Waals surface area contributed by atoms with E-state index < -0.39 is 29.1 Å². The molecule has 180 valence electrons. The van der Waals surface area contributed by atoms with Crippen LogP contribution in [0.1, 0.15) is 34.0 Å². The van der Waals surface area contributed by atoms with Crippen molar-refractivity contribution in [2.24, 2.45) is 0 Å². The molecule has 1 saturated heterocycles. The van der Waals surface area contributed by atoms with E-state index in [0.29, 0.717) is 19.5 Å². The number of aromatic nitrogens is 2. The van der Waals surface area contributed by atoms with Gasteiger partial charge in [0.05, 0.1) is 5.56 Å². The monoisotopic (exact) mass is 505 g/mol. The second kappa shape index (κ2) is 8.64. The van der Waals surface area contributed by atoms with Crippen molar-refractivity contribution in [2.75, 3.05) is 13.1 Å². The van der Waals surface area contributed by atoms with Gasteiger partial charge in [0.15, 0.2) is 11.3 Å². The van der Waals surface area contributed by atoms with Crippen LogP contribution in [0.15, 0.2) is 60.8 Å². The number of imidazole rings is 1. The van der Waals surface area contributed by atoms with Gasteiger partial charge in [0.2, 0.25) is 0 Å². The third kappa shape index (κ3) is 4.36. The van der Waals surface area contributed by atoms with E-state index in [0.717, 1.165) is 22.1 Å². The summed E-state index contributed by atoms with van der Waals surface area (Å²) in [5.41, 5.74) is -0.752. The van der Waals surface area contributed by atoms with Gasteiger partial charge in [-0.15, -0.1) is 0 Å². The minimum Gasteiger partial charge on any atom is -0.337 e. The summed E-state index contributed by atoms with van der Waals surface area (Å²) in [6.07, 6.45) is -2.88. The van der Waals surface area contributed by atoms with Crippen LogP contribution in [-0.2, 0) is 6.18 Å². The number of carbonyl (C=O) groups is 1. The second-order valence-electron chi connectivity index (χ2n) is 8.38. The summed E-state index contributed by atoms with van der Waals surface area (Å²) < 4.78 is 69.7. The van der Waals surface area contributed by atoms with Crippen molar-refractivity contribution < 1.29 is 26.7 Å². The van der Waals surface area contributed by atoms with E-state index in [1.54, 1.807) is 12.1 Å². The lowest BCUT2D eigenvalue weighted by Crippen LogP contribution is -2.29. The van der Waals surface area contributed by atoms with Crippen LogP contribution in [0.2, 0.25) is 5.15 Å². The first-order valence-corrected chi connectivity index (χ1v) is 11.1. The van der Waals surface area contributed by atoms with Gasteiger partial charge in [-0.05, 0) is 53.4 Å². The minimum atomic E-state index is -4.79. The highest BCUT2D eigenvalue weighted by atomic mass is 35.5. The molecule has 1 unspecified atom stereocenters. The average Bonchev–Trinajstić information content (AvgIpc) is 3.43. The summed E-state index contributed by atoms with van der Waals surface area (Å²) in [5, 5.41) is -0.265. The van der Waals surface area contributed by atoms with Gasteiger partial charge in [0.1, 0.15) is 16.8 Å². The third-order valence-electron chi connectivity index (χ3n) is 6.14. The Morgan fingerprint density at radius 1 is 1.00 bits per heavy atom. The van der Waals surface area contributed by atoms with Crippen LogP contribution in [0, 0.1) is 11.6 Å². The predicted molar refractivity (Wildman–Crippen MR) is 120 cm³/mol. The molecule has 1 aliphatic heterocycles. The summed E-state index contributed by atoms with van der Waals surface area (Å²) in [6, 6.07) is 12.0. The molecule has 2 aromatic carbocycles. The number of likely N-dealkylation sites (tertiary alicyclic amines) is 1. The molecule has 0 aliphatic carbocycles. The number of fused-ring (bicyclic) bond motifs is 1. The van der Waals surface area contributed by atoms with Gasteiger partial charge in [-0.1, -0.05) is 35.9 Å². The number of alkyl halides is 3. The molecule has 1 fully saturated rings. The molecule has 0 saturated carbocycles. The molecule has 10 heteroatoms. The van der Waals surface area contributed by atoms with Crippen LogP contribution in [0.4, 0.5) is 22.0 Å². The highest BCUT2D eigenvalue weighted by Gasteiger charge is 2.37. The smallest absolute Gasteiger partial charge is 0.337 e. The Bertz CT molecular complexity index is 1430. The van der Waals surface area contributed by atoms with Crippen molar-refractivity contribution in [2.45, 2.75) is 18.5 Å². The Kier molecular flexibility index (Phi) is 5.75. The molecular weight excluding hydrogens is 489 g/mol. The molecule has 0 N–H and O–H groups in total. The summed E-state index contributed by atoms with van der Waals surface area (Å²) in [7, 11) is 0. The van der Waals surface area contributed by atoms with Crippen LogP contribution in [0.3, 0.4) is 0 Å². The largest absolute Gasteiger partial charge is 0.420 e. The second-order valence-corrected chi connectivity index (χ2v) is 8.74. The summed E-state index contributed by atoms with van der Waals surface area (Å²) in [6.45, 7) is 0.654. The lowest BCUT2D eigenvalue weighted by Gasteiger charge is -2.15. The minimum absolute atomic E-state index is 0.0410. The van der Waals surface area contributed by atoms with E-state index in [9.17, 15) is 26.7 Å². The topological polar surface area (TPSA) is 37.6 Å². The van der Waals surface area contributed by atoms with Crippen molar-refractivity contribution in [3.8, 4) is 11.1 Å². The SMILES string of the molecule is O=C(c1nc2c(C(F)(F)F)cc(-c3cccc(F)c3)cn2c1Cl)N1CCC(c2ccc(F)cc2)C1. The summed E-state index contributed by atoms with van der Waals surface area (Å²) in [4.78, 5) is 18.7. The lowest BCUT2D eigenvalue weighted by molar-refractivity contribution is -0.136. The van der Waals surface area contributed by atoms with Gasteiger partial charge in [-0.2, -0.15) is 13.2 Å². The Labute approximate surface area is 201 Å². The van der Waals surface area contributed by atoms with Gasteiger partial charge in [0, 0.05) is 25.2 Å². The van der Waals surface area contributed by atoms with Crippen molar-refractivity contribution in [1.82, 2.24) is 14.3 Å². The lowest BCUT2D eigenvalue weighted by atomic mass is 9.99. The number of rotatable bonds is 3. The standard InChI is InChI=1S/C25H17ClF5N3O/c26-22-21(24(35)33-9-8-16(12-33)14-4-6-18(27)7-5-14)32-23-20(25(29,30)31)11-17(13-34(22)23)15-2-1-3-19(28)10-15/h1-7,10-11,13,16H,8-9,12H2. The van der Waals surface area contributed by atoms with Crippen molar-refractivity contribution in [3.63, 3.8) is 0 Å². The first-order valence-electron chi connectivity index (χ1n) is 10.7. The Hall–Kier alpha value is -3.46. The van der Waals surface area contributed by atoms with Crippen molar-refractivity contribution in [3.05, 3.63) is 94.4 Å². The van der Waals surface area contributed by atoms with Crippen molar-refractivity contribution >= 4 is 23.2 Å². The molecule has 35 heavy (non-hydrogen) atoms. The molecule has 1 amide bonds. The maximum Gasteiger partial charge on any atom is 0.420 e. The molecule has 0 spiro atoms. The number of nitrogens with zero attached hydrogens (tertiary/aromatic N) is 3. The van der Waals surface area contributed by atoms with E-state index in [4.69, 9.17) is 11.6 Å². The number of amides is 1. The number of benzene rings is 2. The maximum absolute atomic E-state index is 13.9. The zero-order valence-corrected chi connectivity index (χ0v) is 18.7. The molecule has 1 aliphatic rings. The maximum atomic E-state index is 13.9. The van der Waals surface area contributed by atoms with E-state index >= 15 is 0 Å². The van der Waals surface area contributed by atoms with Gasteiger partial charge in [0.25, 0.3) is 5.91 Å². The van der Waals surface area contributed by atoms with Crippen LogP contribution in [0.25, 0.3) is 16.8 Å². The van der Waals surface area contributed by atoms with Gasteiger partial charge in [-0.3, -0.25) is 9.20 Å².